The molecule has 2 heterocycles. The van der Waals surface area contributed by atoms with Gasteiger partial charge in [0.2, 0.25) is 0 Å². The fraction of sp³-hybridized carbons (Fsp3) is 0.148. The summed E-state index contributed by atoms with van der Waals surface area (Å²) in [5, 5.41) is 8.54. The second-order valence-electron chi connectivity index (χ2n) is 8.74. The lowest BCUT2D eigenvalue weighted by molar-refractivity contribution is 0.602. The molecule has 2 aromatic heterocycles. The Morgan fingerprint density at radius 1 is 0.917 bits per heavy atom. The second-order valence-corrected chi connectivity index (χ2v) is 10.8. The van der Waals surface area contributed by atoms with Gasteiger partial charge in [-0.1, -0.05) is 35.5 Å². The maximum absolute atomic E-state index is 13.4. The molecular formula is C27H24FN5O2S. The lowest BCUT2D eigenvalue weighted by Crippen LogP contribution is -2.09. The van der Waals surface area contributed by atoms with Crippen LogP contribution in [-0.4, -0.2) is 39.2 Å². The molecular weight excluding hydrogens is 477 g/mol. The highest BCUT2D eigenvalue weighted by atomic mass is 32.2. The first kappa shape index (κ1) is 23.6. The molecule has 0 aliphatic heterocycles. The van der Waals surface area contributed by atoms with Crippen LogP contribution < -0.4 is 0 Å². The van der Waals surface area contributed by atoms with Gasteiger partial charge in [0.15, 0.2) is 9.84 Å². The van der Waals surface area contributed by atoms with E-state index in [1.165, 1.54) is 18.4 Å². The number of hydrogen-bond donors (Lipinski definition) is 0. The fourth-order valence-electron chi connectivity index (χ4n) is 4.24. The van der Waals surface area contributed by atoms with Crippen molar-refractivity contribution in [3.8, 4) is 22.5 Å². The van der Waals surface area contributed by atoms with Crippen molar-refractivity contribution in [3.63, 3.8) is 0 Å². The molecule has 7 nitrogen and oxygen atoms in total. The number of rotatable bonds is 6. The molecule has 5 aromatic rings. The number of hydrogen-bond acceptors (Lipinski definition) is 5. The van der Waals surface area contributed by atoms with Crippen LogP contribution >= 0.6 is 0 Å². The number of aryl methyl sites for hydroxylation is 2. The van der Waals surface area contributed by atoms with Crippen molar-refractivity contribution in [2.75, 3.05) is 6.26 Å². The lowest BCUT2D eigenvalue weighted by Gasteiger charge is -2.16. The number of benzene rings is 3. The summed E-state index contributed by atoms with van der Waals surface area (Å²) in [4.78, 5) is 4.80. The van der Waals surface area contributed by atoms with Crippen molar-refractivity contribution in [1.29, 1.82) is 0 Å². The molecule has 5 rings (SSSR count). The smallest absolute Gasteiger partial charge is 0.175 e. The number of halogens is 1. The molecule has 9 heteroatoms. The van der Waals surface area contributed by atoms with Crippen molar-refractivity contribution < 1.29 is 12.8 Å². The average molecular weight is 502 g/mol. The number of aromatic nitrogens is 5. The van der Waals surface area contributed by atoms with Gasteiger partial charge in [-0.25, -0.2) is 22.5 Å². The van der Waals surface area contributed by atoms with E-state index >= 15 is 0 Å². The third-order valence-electron chi connectivity index (χ3n) is 5.98. The zero-order valence-corrected chi connectivity index (χ0v) is 20.9. The summed E-state index contributed by atoms with van der Waals surface area (Å²) in [5.41, 5.74) is 5.83. The Labute approximate surface area is 208 Å². The van der Waals surface area contributed by atoms with Gasteiger partial charge in [-0.15, -0.1) is 5.10 Å². The van der Waals surface area contributed by atoms with Crippen molar-refractivity contribution in [2.45, 2.75) is 25.2 Å². The topological polar surface area (TPSA) is 82.7 Å². The van der Waals surface area contributed by atoms with E-state index in [0.29, 0.717) is 6.42 Å². The van der Waals surface area contributed by atoms with E-state index in [4.69, 9.17) is 0 Å². The normalized spacial score (nSPS) is 11.7. The van der Waals surface area contributed by atoms with Crippen LogP contribution in [0.15, 0.2) is 84.0 Å². The van der Waals surface area contributed by atoms with E-state index in [9.17, 15) is 12.8 Å². The molecule has 0 amide bonds. The van der Waals surface area contributed by atoms with Crippen LogP contribution in [0, 0.1) is 19.7 Å². The summed E-state index contributed by atoms with van der Waals surface area (Å²) < 4.78 is 41.4. The highest BCUT2D eigenvalue weighted by molar-refractivity contribution is 7.90. The molecule has 0 saturated carbocycles. The SMILES string of the molecule is Cc1cn(-c2ccc(-c3cccc(S(C)(=O)=O)c3)cc2-n2nncc2Cc2ccc(F)cc2)c(C)n1. The van der Waals surface area contributed by atoms with E-state index in [1.54, 1.807) is 41.2 Å². The van der Waals surface area contributed by atoms with Crippen molar-refractivity contribution in [3.05, 3.63) is 108 Å². The van der Waals surface area contributed by atoms with Gasteiger partial charge in [-0.3, -0.25) is 0 Å². The van der Waals surface area contributed by atoms with E-state index in [0.717, 1.165) is 45.3 Å². The minimum absolute atomic E-state index is 0.254. The Hall–Kier alpha value is -4.11. The van der Waals surface area contributed by atoms with Crippen molar-refractivity contribution in [1.82, 2.24) is 24.5 Å². The average Bonchev–Trinajstić information content (AvgIpc) is 3.45. The predicted molar refractivity (Wildman–Crippen MR) is 136 cm³/mol. The highest BCUT2D eigenvalue weighted by Crippen LogP contribution is 2.30. The molecule has 0 atom stereocenters. The first-order valence-electron chi connectivity index (χ1n) is 11.3. The molecule has 0 saturated heterocycles. The first-order chi connectivity index (χ1) is 17.2. The number of sulfone groups is 1. The van der Waals surface area contributed by atoms with E-state index in [1.807, 2.05) is 48.9 Å². The maximum atomic E-state index is 13.4. The molecule has 0 unspecified atom stereocenters. The van der Waals surface area contributed by atoms with Gasteiger partial charge in [-0.05, 0) is 66.9 Å². The van der Waals surface area contributed by atoms with Gasteiger partial charge in [0, 0.05) is 18.9 Å². The van der Waals surface area contributed by atoms with Crippen molar-refractivity contribution in [2.24, 2.45) is 0 Å². The summed E-state index contributed by atoms with van der Waals surface area (Å²) >= 11 is 0. The molecule has 0 fully saturated rings. The summed E-state index contributed by atoms with van der Waals surface area (Å²) in [6.07, 6.45) is 5.34. The van der Waals surface area contributed by atoms with Gasteiger partial charge in [0.25, 0.3) is 0 Å². The molecule has 0 N–H and O–H groups in total. The molecule has 0 radical (unpaired) electrons. The summed E-state index contributed by atoms with van der Waals surface area (Å²) in [6.45, 7) is 3.87. The Bertz CT molecular complexity index is 1670. The van der Waals surface area contributed by atoms with Gasteiger partial charge >= 0.3 is 0 Å². The lowest BCUT2D eigenvalue weighted by atomic mass is 10.0. The third-order valence-corrected chi connectivity index (χ3v) is 7.09. The predicted octanol–water partition coefficient (Wildman–Crippen LogP) is 4.87. The Morgan fingerprint density at radius 2 is 1.67 bits per heavy atom. The van der Waals surface area contributed by atoms with Gasteiger partial charge in [0.05, 0.1) is 33.9 Å². The van der Waals surface area contributed by atoms with Crippen molar-refractivity contribution >= 4 is 9.84 Å². The van der Waals surface area contributed by atoms with Crippen LogP contribution in [0.1, 0.15) is 22.8 Å². The van der Waals surface area contributed by atoms with Crippen LogP contribution in [0.5, 0.6) is 0 Å². The first-order valence-corrected chi connectivity index (χ1v) is 13.2. The molecule has 0 spiro atoms. The molecule has 0 aliphatic carbocycles. The van der Waals surface area contributed by atoms with Crippen LogP contribution in [0.3, 0.4) is 0 Å². The minimum Gasteiger partial charge on any atom is -0.302 e. The minimum atomic E-state index is -3.35. The van der Waals surface area contributed by atoms with Gasteiger partial charge in [0.1, 0.15) is 11.6 Å². The number of nitrogens with zero attached hydrogens (tertiary/aromatic N) is 5. The Kier molecular flexibility index (Phi) is 6.01. The molecule has 0 aliphatic rings. The Balaban J connectivity index is 1.67. The molecule has 3 aromatic carbocycles. The monoisotopic (exact) mass is 501 g/mol. The quantitative estimate of drug-likeness (QED) is 0.332. The summed E-state index contributed by atoms with van der Waals surface area (Å²) in [7, 11) is -3.35. The summed E-state index contributed by atoms with van der Waals surface area (Å²) in [5.74, 6) is 0.531. The molecule has 36 heavy (non-hydrogen) atoms. The zero-order chi connectivity index (χ0) is 25.4. The largest absolute Gasteiger partial charge is 0.302 e. The maximum Gasteiger partial charge on any atom is 0.175 e. The Morgan fingerprint density at radius 3 is 2.36 bits per heavy atom. The van der Waals surface area contributed by atoms with E-state index in [-0.39, 0.29) is 10.7 Å². The number of imidazole rings is 1. The second kappa shape index (κ2) is 9.16. The summed E-state index contributed by atoms with van der Waals surface area (Å²) in [6, 6.07) is 19.1. The van der Waals surface area contributed by atoms with E-state index < -0.39 is 9.84 Å². The standard InChI is InChI=1S/C27H24FN5O2S/c1-18-17-32(19(2)30-18)26-12-9-22(21-5-4-6-25(14-21)36(3,34)35)15-27(26)33-24(16-29-31-33)13-20-7-10-23(28)11-8-20/h4-12,14-17H,13H2,1-3H3. The van der Waals surface area contributed by atoms with Gasteiger partial charge in [-0.2, -0.15) is 0 Å². The van der Waals surface area contributed by atoms with Gasteiger partial charge < -0.3 is 4.57 Å². The molecule has 0 bridgehead atoms. The molecule has 182 valence electrons. The van der Waals surface area contributed by atoms with Crippen LogP contribution in [0.25, 0.3) is 22.5 Å². The van der Waals surface area contributed by atoms with E-state index in [2.05, 4.69) is 15.3 Å². The van der Waals surface area contributed by atoms with Crippen LogP contribution in [0.4, 0.5) is 4.39 Å². The fourth-order valence-corrected chi connectivity index (χ4v) is 4.90. The highest BCUT2D eigenvalue weighted by Gasteiger charge is 2.17. The third kappa shape index (κ3) is 4.70. The van der Waals surface area contributed by atoms with Crippen LogP contribution in [-0.2, 0) is 16.3 Å². The zero-order valence-electron chi connectivity index (χ0n) is 20.1. The van der Waals surface area contributed by atoms with Crippen LogP contribution in [0.2, 0.25) is 0 Å².